The number of esters is 1. The first-order valence-electron chi connectivity index (χ1n) is 4.71. The van der Waals surface area contributed by atoms with Gasteiger partial charge in [0.1, 0.15) is 5.82 Å². The van der Waals surface area contributed by atoms with Gasteiger partial charge in [0.25, 0.3) is 0 Å². The molecule has 88 valence electrons. The van der Waals surface area contributed by atoms with E-state index in [-0.39, 0.29) is 16.6 Å². The van der Waals surface area contributed by atoms with Gasteiger partial charge in [-0.05, 0) is 41.9 Å². The molecule has 1 atom stereocenters. The summed E-state index contributed by atoms with van der Waals surface area (Å²) in [6.45, 7) is 2.78. The molecule has 1 aromatic rings. The molecule has 0 saturated heterocycles. The normalized spacial score (nSPS) is 14.3. The van der Waals surface area contributed by atoms with E-state index in [1.54, 1.807) is 6.92 Å². The average Bonchev–Trinajstić information content (AvgIpc) is 2.22. The molecule has 0 aromatic heterocycles. The van der Waals surface area contributed by atoms with Crippen LogP contribution in [-0.2, 0) is 15.2 Å². The molecule has 2 nitrogen and oxygen atoms in total. The molecule has 16 heavy (non-hydrogen) atoms. The molecule has 0 saturated carbocycles. The summed E-state index contributed by atoms with van der Waals surface area (Å²) in [5, 5.41) is 0. The third-order valence-electron chi connectivity index (χ3n) is 2.12. The fourth-order valence-electron chi connectivity index (χ4n) is 1.17. The van der Waals surface area contributed by atoms with Crippen molar-refractivity contribution in [1.82, 2.24) is 0 Å². The summed E-state index contributed by atoms with van der Waals surface area (Å²) in [6, 6.07) is 3.54. The van der Waals surface area contributed by atoms with E-state index in [1.165, 1.54) is 12.1 Å². The van der Waals surface area contributed by atoms with Gasteiger partial charge in [-0.15, -0.1) is 0 Å². The Morgan fingerprint density at radius 3 is 2.69 bits per heavy atom. The first-order valence-corrected chi connectivity index (χ1v) is 5.50. The van der Waals surface area contributed by atoms with Crippen LogP contribution in [0.3, 0.4) is 0 Å². The number of hydrogen-bond acceptors (Lipinski definition) is 2. The monoisotopic (exact) mass is 292 g/mol. The Kier molecular flexibility index (Phi) is 4.02. The minimum Gasteiger partial charge on any atom is -0.463 e. The minimum atomic E-state index is -2.27. The van der Waals surface area contributed by atoms with Crippen LogP contribution < -0.4 is 0 Å². The van der Waals surface area contributed by atoms with E-state index in [4.69, 9.17) is 0 Å². The van der Waals surface area contributed by atoms with E-state index in [1.807, 2.05) is 0 Å². The molecule has 1 aromatic carbocycles. The van der Waals surface area contributed by atoms with Crippen LogP contribution in [0.5, 0.6) is 0 Å². The third kappa shape index (κ3) is 2.58. The number of hydrogen-bond donors (Lipinski definition) is 0. The topological polar surface area (TPSA) is 26.3 Å². The van der Waals surface area contributed by atoms with Crippen LogP contribution in [0.4, 0.5) is 8.78 Å². The number of benzene rings is 1. The van der Waals surface area contributed by atoms with Gasteiger partial charge in [-0.2, -0.15) is 0 Å². The zero-order valence-electron chi connectivity index (χ0n) is 8.89. The van der Waals surface area contributed by atoms with Crippen LogP contribution in [0.2, 0.25) is 0 Å². The molecule has 0 aliphatic rings. The molecule has 1 rings (SSSR count). The molecule has 0 aliphatic heterocycles. The molecular formula is C11H11BrF2O2. The van der Waals surface area contributed by atoms with E-state index >= 15 is 0 Å². The van der Waals surface area contributed by atoms with E-state index < -0.39 is 17.5 Å². The number of carbonyl (C=O) groups excluding carboxylic acids is 1. The Hall–Kier alpha value is -0.970. The summed E-state index contributed by atoms with van der Waals surface area (Å²) >= 11 is 2.93. The molecule has 0 bridgehead atoms. The van der Waals surface area contributed by atoms with Gasteiger partial charge in [0.15, 0.2) is 0 Å². The Morgan fingerprint density at radius 2 is 2.19 bits per heavy atom. The molecule has 0 spiro atoms. The molecule has 1 unspecified atom stereocenters. The first kappa shape index (κ1) is 13.1. The van der Waals surface area contributed by atoms with Crippen molar-refractivity contribution >= 4 is 21.9 Å². The van der Waals surface area contributed by atoms with E-state index in [9.17, 15) is 13.6 Å². The Labute approximate surface area is 101 Å². The molecular weight excluding hydrogens is 282 g/mol. The second kappa shape index (κ2) is 4.91. The smallest absolute Gasteiger partial charge is 0.348 e. The molecule has 0 amide bonds. The maximum atomic E-state index is 14.1. The molecule has 0 N–H and O–H groups in total. The second-order valence-corrected chi connectivity index (χ2v) is 4.21. The average molecular weight is 293 g/mol. The predicted octanol–water partition coefficient (Wildman–Crippen LogP) is 3.34. The van der Waals surface area contributed by atoms with Crippen molar-refractivity contribution in [2.24, 2.45) is 0 Å². The lowest BCUT2D eigenvalue weighted by molar-refractivity contribution is -0.156. The lowest BCUT2D eigenvalue weighted by atomic mass is 9.98. The van der Waals surface area contributed by atoms with Crippen molar-refractivity contribution < 1.29 is 18.3 Å². The van der Waals surface area contributed by atoms with Crippen LogP contribution in [0.15, 0.2) is 22.7 Å². The summed E-state index contributed by atoms with van der Waals surface area (Å²) in [4.78, 5) is 11.4. The lowest BCUT2D eigenvalue weighted by Crippen LogP contribution is -2.29. The van der Waals surface area contributed by atoms with Crippen LogP contribution in [-0.4, -0.2) is 12.6 Å². The summed E-state index contributed by atoms with van der Waals surface area (Å²) < 4.78 is 31.8. The maximum Gasteiger partial charge on any atom is 0.348 e. The zero-order valence-corrected chi connectivity index (χ0v) is 10.5. The van der Waals surface area contributed by atoms with Gasteiger partial charge in [-0.25, -0.2) is 13.6 Å². The molecule has 5 heteroatoms. The standard InChI is InChI=1S/C11H11BrF2O2/c1-3-16-10(15)11(2,14)7-4-5-9(13)8(12)6-7/h4-6H,3H2,1-2H3. The number of alkyl halides is 1. The quantitative estimate of drug-likeness (QED) is 0.799. The van der Waals surface area contributed by atoms with Crippen molar-refractivity contribution in [3.63, 3.8) is 0 Å². The number of halogens is 3. The highest BCUT2D eigenvalue weighted by Gasteiger charge is 2.37. The summed E-state index contributed by atoms with van der Waals surface area (Å²) in [6.07, 6.45) is 0. The zero-order chi connectivity index (χ0) is 12.3. The number of rotatable bonds is 3. The van der Waals surface area contributed by atoms with Crippen LogP contribution in [0.25, 0.3) is 0 Å². The minimum absolute atomic E-state index is 0.0548. The Balaban J connectivity index is 3.06. The van der Waals surface area contributed by atoms with Gasteiger partial charge < -0.3 is 4.74 Å². The van der Waals surface area contributed by atoms with E-state index in [0.29, 0.717) is 0 Å². The fourth-order valence-corrected chi connectivity index (χ4v) is 1.55. The van der Waals surface area contributed by atoms with Gasteiger partial charge in [-0.1, -0.05) is 6.07 Å². The molecule has 0 fully saturated rings. The van der Waals surface area contributed by atoms with Gasteiger partial charge in [-0.3, -0.25) is 0 Å². The van der Waals surface area contributed by atoms with Crippen molar-refractivity contribution in [1.29, 1.82) is 0 Å². The van der Waals surface area contributed by atoms with E-state index in [0.717, 1.165) is 13.0 Å². The highest BCUT2D eigenvalue weighted by molar-refractivity contribution is 9.10. The van der Waals surface area contributed by atoms with Crippen LogP contribution >= 0.6 is 15.9 Å². The van der Waals surface area contributed by atoms with Gasteiger partial charge in [0.05, 0.1) is 11.1 Å². The summed E-state index contributed by atoms with van der Waals surface area (Å²) in [5.74, 6) is -1.49. The molecule has 0 aliphatic carbocycles. The van der Waals surface area contributed by atoms with Gasteiger partial charge in [0, 0.05) is 5.56 Å². The second-order valence-electron chi connectivity index (χ2n) is 3.35. The third-order valence-corrected chi connectivity index (χ3v) is 2.73. The number of carbonyl (C=O) groups is 1. The largest absolute Gasteiger partial charge is 0.463 e. The Bertz CT molecular complexity index is 405. The predicted molar refractivity (Wildman–Crippen MR) is 59.2 cm³/mol. The first-order chi connectivity index (χ1) is 7.39. The SMILES string of the molecule is CCOC(=O)C(C)(F)c1ccc(F)c(Br)c1. The van der Waals surface area contributed by atoms with Crippen LogP contribution in [0, 0.1) is 5.82 Å². The van der Waals surface area contributed by atoms with E-state index in [2.05, 4.69) is 20.7 Å². The summed E-state index contributed by atoms with van der Waals surface area (Å²) in [7, 11) is 0. The van der Waals surface area contributed by atoms with Crippen molar-refractivity contribution in [3.05, 3.63) is 34.1 Å². The van der Waals surface area contributed by atoms with Crippen molar-refractivity contribution in [3.8, 4) is 0 Å². The van der Waals surface area contributed by atoms with Crippen LogP contribution in [0.1, 0.15) is 19.4 Å². The number of ether oxygens (including phenoxy) is 1. The van der Waals surface area contributed by atoms with Crippen molar-refractivity contribution in [2.75, 3.05) is 6.61 Å². The van der Waals surface area contributed by atoms with Gasteiger partial charge in [0.2, 0.25) is 5.67 Å². The highest BCUT2D eigenvalue weighted by Crippen LogP contribution is 2.30. The van der Waals surface area contributed by atoms with Crippen molar-refractivity contribution in [2.45, 2.75) is 19.5 Å². The lowest BCUT2D eigenvalue weighted by Gasteiger charge is -2.18. The molecule has 0 radical (unpaired) electrons. The van der Waals surface area contributed by atoms with Gasteiger partial charge >= 0.3 is 5.97 Å². The highest BCUT2D eigenvalue weighted by atomic mass is 79.9. The fraction of sp³-hybridized carbons (Fsp3) is 0.364. The maximum absolute atomic E-state index is 14.1. The molecule has 0 heterocycles. The summed E-state index contributed by atoms with van der Waals surface area (Å²) in [5.41, 5.74) is -2.22. The Morgan fingerprint density at radius 1 is 1.56 bits per heavy atom.